The number of nitrogens with zero attached hydrogens (tertiary/aromatic N) is 1. The van der Waals surface area contributed by atoms with Crippen LogP contribution in [0.4, 0.5) is 0 Å². The van der Waals surface area contributed by atoms with E-state index >= 15 is 0 Å². The second-order valence-electron chi connectivity index (χ2n) is 8.09. The standard InChI is InChI=1S/C23H26N2O5S/c1-30-23(29)19-16-10-7-11-17(16)31-20(19)24-18(26)12-3-2-6-13-25-21(27)14-8-4-5-9-15(14)22(25)28/h4-5,8-9,16-17H,2-3,6-7,10-13H2,1H3,(H,24,26)/t16-,17+/m0/s1. The van der Waals surface area contributed by atoms with Crippen molar-refractivity contribution in [1.29, 1.82) is 0 Å². The Morgan fingerprint density at radius 2 is 1.81 bits per heavy atom. The van der Waals surface area contributed by atoms with E-state index in [9.17, 15) is 19.2 Å². The molecule has 3 aliphatic rings. The molecule has 1 N–H and O–H groups in total. The fourth-order valence-corrected chi connectivity index (χ4v) is 6.15. The number of ether oxygens (including phenoxy) is 1. The third-order valence-corrected chi connectivity index (χ3v) is 7.58. The number of fused-ring (bicyclic) bond motifs is 2. The molecule has 7 nitrogen and oxygen atoms in total. The lowest BCUT2D eigenvalue weighted by Crippen LogP contribution is -2.30. The molecular formula is C23H26N2O5S. The van der Waals surface area contributed by atoms with Gasteiger partial charge in [-0.1, -0.05) is 25.0 Å². The van der Waals surface area contributed by atoms with Crippen molar-refractivity contribution in [3.05, 3.63) is 46.0 Å². The van der Waals surface area contributed by atoms with E-state index in [1.165, 1.54) is 12.0 Å². The second kappa shape index (κ2) is 9.26. The fourth-order valence-electron chi connectivity index (χ4n) is 4.59. The number of carbonyl (C=O) groups is 4. The summed E-state index contributed by atoms with van der Waals surface area (Å²) in [5.74, 6) is -0.788. The molecule has 4 rings (SSSR count). The topological polar surface area (TPSA) is 92.8 Å². The van der Waals surface area contributed by atoms with E-state index in [1.54, 1.807) is 36.0 Å². The van der Waals surface area contributed by atoms with Crippen LogP contribution in [0.1, 0.15) is 65.7 Å². The van der Waals surface area contributed by atoms with E-state index < -0.39 is 0 Å². The first-order valence-corrected chi connectivity index (χ1v) is 11.6. The Morgan fingerprint density at radius 3 is 2.48 bits per heavy atom. The molecule has 0 bridgehead atoms. The number of benzene rings is 1. The van der Waals surface area contributed by atoms with Gasteiger partial charge in [-0.3, -0.25) is 19.3 Å². The van der Waals surface area contributed by atoms with Crippen molar-refractivity contribution in [3.8, 4) is 0 Å². The Hall–Kier alpha value is -2.61. The molecule has 0 unspecified atom stereocenters. The molecule has 0 saturated heterocycles. The SMILES string of the molecule is COC(=O)C1=C(NC(=O)CCCCCN2C(=O)c3ccccc3C2=O)S[C@@H]2CCC[C@H]12. The lowest BCUT2D eigenvalue weighted by molar-refractivity contribution is -0.136. The zero-order chi connectivity index (χ0) is 22.0. The maximum atomic E-state index is 12.4. The molecule has 0 spiro atoms. The van der Waals surface area contributed by atoms with Crippen molar-refractivity contribution in [1.82, 2.24) is 10.2 Å². The number of nitrogens with one attached hydrogen (secondary N) is 1. The summed E-state index contributed by atoms with van der Waals surface area (Å²) in [6.45, 7) is 0.352. The summed E-state index contributed by atoms with van der Waals surface area (Å²) in [5, 5.41) is 3.92. The number of imide groups is 1. The van der Waals surface area contributed by atoms with Crippen molar-refractivity contribution in [3.63, 3.8) is 0 Å². The molecule has 8 heteroatoms. The highest BCUT2D eigenvalue weighted by molar-refractivity contribution is 8.04. The average Bonchev–Trinajstić information content (AvgIpc) is 3.41. The van der Waals surface area contributed by atoms with Crippen molar-refractivity contribution in [2.45, 2.75) is 50.2 Å². The third-order valence-electron chi connectivity index (χ3n) is 6.16. The zero-order valence-electron chi connectivity index (χ0n) is 17.5. The summed E-state index contributed by atoms with van der Waals surface area (Å²) in [6.07, 6.45) is 5.45. The summed E-state index contributed by atoms with van der Waals surface area (Å²) in [4.78, 5) is 50.6. The minimum absolute atomic E-state index is 0.121. The number of hydrogen-bond donors (Lipinski definition) is 1. The van der Waals surface area contributed by atoms with Crippen LogP contribution in [0, 0.1) is 5.92 Å². The number of hydrogen-bond acceptors (Lipinski definition) is 6. The van der Waals surface area contributed by atoms with Gasteiger partial charge in [0.2, 0.25) is 5.91 Å². The van der Waals surface area contributed by atoms with Crippen LogP contribution in [-0.4, -0.2) is 47.5 Å². The molecule has 1 saturated carbocycles. The quantitative estimate of drug-likeness (QED) is 0.377. The molecule has 31 heavy (non-hydrogen) atoms. The largest absolute Gasteiger partial charge is 0.466 e. The second-order valence-corrected chi connectivity index (χ2v) is 9.34. The Bertz CT molecular complexity index is 922. The summed E-state index contributed by atoms with van der Waals surface area (Å²) in [7, 11) is 1.37. The van der Waals surface area contributed by atoms with Gasteiger partial charge >= 0.3 is 5.97 Å². The lowest BCUT2D eigenvalue weighted by Gasteiger charge is -2.13. The lowest BCUT2D eigenvalue weighted by atomic mass is 9.98. The van der Waals surface area contributed by atoms with Crippen LogP contribution in [-0.2, 0) is 14.3 Å². The van der Waals surface area contributed by atoms with Crippen LogP contribution in [0.5, 0.6) is 0 Å². The van der Waals surface area contributed by atoms with Crippen molar-refractivity contribution in [2.24, 2.45) is 5.92 Å². The molecule has 0 radical (unpaired) electrons. The normalized spacial score (nSPS) is 22.0. The maximum absolute atomic E-state index is 12.4. The van der Waals surface area contributed by atoms with Crippen molar-refractivity contribution in [2.75, 3.05) is 13.7 Å². The summed E-state index contributed by atoms with van der Waals surface area (Å²) in [5.41, 5.74) is 1.54. The predicted octanol–water partition coefficient (Wildman–Crippen LogP) is 3.26. The number of methoxy groups -OCH3 is 1. The summed E-state index contributed by atoms with van der Waals surface area (Å²) >= 11 is 1.58. The van der Waals surface area contributed by atoms with E-state index in [-0.39, 0.29) is 29.6 Å². The van der Waals surface area contributed by atoms with Crippen molar-refractivity contribution >= 4 is 35.5 Å². The van der Waals surface area contributed by atoms with Gasteiger partial charge in [-0.2, -0.15) is 0 Å². The Morgan fingerprint density at radius 1 is 1.10 bits per heavy atom. The summed E-state index contributed by atoms with van der Waals surface area (Å²) < 4.78 is 4.94. The molecule has 3 amide bonds. The summed E-state index contributed by atoms with van der Waals surface area (Å²) in [6, 6.07) is 6.85. The third kappa shape index (κ3) is 4.26. The van der Waals surface area contributed by atoms with Gasteiger partial charge < -0.3 is 10.1 Å². The van der Waals surface area contributed by atoms with Gasteiger partial charge in [0.1, 0.15) is 0 Å². The molecule has 1 aromatic rings. The predicted molar refractivity (Wildman–Crippen MR) is 116 cm³/mol. The van der Waals surface area contributed by atoms with Crippen LogP contribution < -0.4 is 5.32 Å². The van der Waals surface area contributed by atoms with E-state index in [1.807, 2.05) is 0 Å². The highest BCUT2D eigenvalue weighted by Gasteiger charge is 2.43. The van der Waals surface area contributed by atoms with Gasteiger partial charge in [-0.15, -0.1) is 11.8 Å². The van der Waals surface area contributed by atoms with Crippen LogP contribution in [0.2, 0.25) is 0 Å². The van der Waals surface area contributed by atoms with E-state index in [2.05, 4.69) is 5.32 Å². The van der Waals surface area contributed by atoms with Gasteiger partial charge in [-0.25, -0.2) is 4.79 Å². The van der Waals surface area contributed by atoms with Crippen LogP contribution in [0.15, 0.2) is 34.9 Å². The van der Waals surface area contributed by atoms with E-state index in [0.717, 1.165) is 25.7 Å². The van der Waals surface area contributed by atoms with Gasteiger partial charge in [-0.05, 0) is 37.8 Å². The van der Waals surface area contributed by atoms with Crippen molar-refractivity contribution < 1.29 is 23.9 Å². The Labute approximate surface area is 185 Å². The minimum atomic E-state index is -0.349. The number of esters is 1. The van der Waals surface area contributed by atoms with Crippen LogP contribution >= 0.6 is 11.8 Å². The minimum Gasteiger partial charge on any atom is -0.466 e. The monoisotopic (exact) mass is 442 g/mol. The molecule has 0 aromatic heterocycles. The molecule has 1 aliphatic carbocycles. The fraction of sp³-hybridized carbons (Fsp3) is 0.478. The number of thioether (sulfide) groups is 1. The first-order valence-electron chi connectivity index (χ1n) is 10.8. The molecule has 2 aliphatic heterocycles. The Balaban J connectivity index is 1.23. The van der Waals surface area contributed by atoms with E-state index in [4.69, 9.17) is 4.74 Å². The number of amides is 3. The number of unbranched alkanes of at least 4 members (excludes halogenated alkanes) is 2. The molecular weight excluding hydrogens is 416 g/mol. The first kappa shape index (κ1) is 21.6. The molecule has 164 valence electrons. The Kier molecular flexibility index (Phi) is 6.46. The molecule has 1 fully saturated rings. The number of rotatable bonds is 8. The van der Waals surface area contributed by atoms with Gasteiger partial charge in [0.05, 0.1) is 28.8 Å². The highest BCUT2D eigenvalue weighted by Crippen LogP contribution is 2.49. The van der Waals surface area contributed by atoms with Crippen LogP contribution in [0.3, 0.4) is 0 Å². The average molecular weight is 443 g/mol. The molecule has 2 atom stereocenters. The van der Waals surface area contributed by atoms with Gasteiger partial charge in [0.15, 0.2) is 0 Å². The smallest absolute Gasteiger partial charge is 0.336 e. The van der Waals surface area contributed by atoms with E-state index in [0.29, 0.717) is 52.8 Å². The maximum Gasteiger partial charge on any atom is 0.336 e. The molecule has 1 aromatic carbocycles. The number of carbonyl (C=O) groups excluding carboxylic acids is 4. The van der Waals surface area contributed by atoms with Gasteiger partial charge in [0.25, 0.3) is 11.8 Å². The first-order chi connectivity index (χ1) is 15.0. The van der Waals surface area contributed by atoms with Gasteiger partial charge in [0, 0.05) is 24.1 Å². The zero-order valence-corrected chi connectivity index (χ0v) is 18.3. The highest BCUT2D eigenvalue weighted by atomic mass is 32.2. The van der Waals surface area contributed by atoms with Crippen LogP contribution in [0.25, 0.3) is 0 Å². The molecule has 2 heterocycles.